The molecule has 0 aliphatic rings. The van der Waals surface area contributed by atoms with Crippen LogP contribution in [0.4, 0.5) is 5.69 Å². The highest BCUT2D eigenvalue weighted by Crippen LogP contribution is 2.26. The summed E-state index contributed by atoms with van der Waals surface area (Å²) in [5.41, 5.74) is 2.12. The van der Waals surface area contributed by atoms with Crippen molar-refractivity contribution in [3.8, 4) is 0 Å². The molecule has 0 radical (unpaired) electrons. The zero-order valence-electron chi connectivity index (χ0n) is 11.1. The number of benzene rings is 1. The van der Waals surface area contributed by atoms with Gasteiger partial charge in [0.2, 0.25) is 0 Å². The van der Waals surface area contributed by atoms with Crippen molar-refractivity contribution in [1.29, 1.82) is 0 Å². The Labute approximate surface area is 126 Å². The summed E-state index contributed by atoms with van der Waals surface area (Å²) in [6, 6.07) is 9.19. The summed E-state index contributed by atoms with van der Waals surface area (Å²) in [4.78, 5) is 17.4. The molecule has 1 aromatic heterocycles. The molecule has 104 valence electrons. The molecule has 2 aromatic rings. The molecule has 1 aromatic carbocycles. The van der Waals surface area contributed by atoms with E-state index >= 15 is 0 Å². The fourth-order valence-electron chi connectivity index (χ4n) is 2.03. The quantitative estimate of drug-likeness (QED) is 0.908. The van der Waals surface area contributed by atoms with Gasteiger partial charge in [-0.15, -0.1) is 0 Å². The number of hydrogen-bond acceptors (Lipinski definition) is 3. The Kier molecular flexibility index (Phi) is 4.74. The van der Waals surface area contributed by atoms with Gasteiger partial charge in [0.1, 0.15) is 0 Å². The number of carboxylic acids is 1. The van der Waals surface area contributed by atoms with Gasteiger partial charge >= 0.3 is 5.97 Å². The molecular weight excluding hydrogens is 320 g/mol. The number of anilines is 1. The summed E-state index contributed by atoms with van der Waals surface area (Å²) in [6.07, 6.45) is 3.48. The maximum absolute atomic E-state index is 11.4. The van der Waals surface area contributed by atoms with E-state index in [1.807, 2.05) is 36.1 Å². The molecule has 0 fully saturated rings. The van der Waals surface area contributed by atoms with Crippen molar-refractivity contribution in [3.05, 3.63) is 58.3 Å². The van der Waals surface area contributed by atoms with E-state index < -0.39 is 5.97 Å². The van der Waals surface area contributed by atoms with Crippen LogP contribution in [-0.2, 0) is 6.54 Å². The lowest BCUT2D eigenvalue weighted by Gasteiger charge is -2.25. The number of carbonyl (C=O) groups is 1. The van der Waals surface area contributed by atoms with Crippen molar-refractivity contribution < 1.29 is 9.90 Å². The van der Waals surface area contributed by atoms with Gasteiger partial charge in [-0.3, -0.25) is 4.98 Å². The van der Waals surface area contributed by atoms with Crippen LogP contribution in [0.3, 0.4) is 0 Å². The van der Waals surface area contributed by atoms with Gasteiger partial charge in [0.25, 0.3) is 0 Å². The molecule has 0 amide bonds. The predicted molar refractivity (Wildman–Crippen MR) is 82.1 cm³/mol. The molecule has 5 heteroatoms. The number of nitrogens with zero attached hydrogens (tertiary/aromatic N) is 2. The second kappa shape index (κ2) is 6.52. The van der Waals surface area contributed by atoms with E-state index in [0.717, 1.165) is 22.3 Å². The Balaban J connectivity index is 2.34. The summed E-state index contributed by atoms with van der Waals surface area (Å²) in [7, 11) is 0. The van der Waals surface area contributed by atoms with Crippen molar-refractivity contribution in [2.75, 3.05) is 11.4 Å². The standard InChI is InChI=1S/C15H15BrN2O2/c1-2-18(10-11-5-7-17-8-6-11)14-4-3-12(16)9-13(14)15(19)20/h3-9H,2,10H2,1H3,(H,19,20). The van der Waals surface area contributed by atoms with E-state index in [2.05, 4.69) is 20.9 Å². The van der Waals surface area contributed by atoms with Crippen LogP contribution in [0.2, 0.25) is 0 Å². The molecule has 0 saturated heterocycles. The van der Waals surface area contributed by atoms with Crippen molar-refractivity contribution in [2.24, 2.45) is 0 Å². The summed E-state index contributed by atoms with van der Waals surface area (Å²) < 4.78 is 0.763. The molecule has 0 spiro atoms. The molecular formula is C15H15BrN2O2. The molecule has 1 heterocycles. The van der Waals surface area contributed by atoms with Crippen molar-refractivity contribution in [2.45, 2.75) is 13.5 Å². The first-order valence-electron chi connectivity index (χ1n) is 6.28. The Morgan fingerprint density at radius 3 is 2.60 bits per heavy atom. The van der Waals surface area contributed by atoms with Crippen LogP contribution in [0, 0.1) is 0 Å². The number of pyridine rings is 1. The van der Waals surface area contributed by atoms with Crippen LogP contribution in [0.1, 0.15) is 22.8 Å². The van der Waals surface area contributed by atoms with E-state index in [4.69, 9.17) is 0 Å². The second-order valence-corrected chi connectivity index (χ2v) is 5.25. The first-order valence-corrected chi connectivity index (χ1v) is 7.07. The third-order valence-electron chi connectivity index (χ3n) is 3.03. The van der Waals surface area contributed by atoms with E-state index in [-0.39, 0.29) is 0 Å². The van der Waals surface area contributed by atoms with Crippen molar-refractivity contribution >= 4 is 27.6 Å². The topological polar surface area (TPSA) is 53.4 Å². The first-order chi connectivity index (χ1) is 9.61. The Hall–Kier alpha value is -1.88. The Morgan fingerprint density at radius 1 is 1.30 bits per heavy atom. The third kappa shape index (κ3) is 3.36. The number of halogens is 1. The highest BCUT2D eigenvalue weighted by Gasteiger charge is 2.15. The van der Waals surface area contributed by atoms with Gasteiger partial charge in [0.05, 0.1) is 11.3 Å². The zero-order chi connectivity index (χ0) is 14.5. The van der Waals surface area contributed by atoms with Crippen molar-refractivity contribution in [3.63, 3.8) is 0 Å². The molecule has 0 bridgehead atoms. The average molecular weight is 335 g/mol. The number of aromatic nitrogens is 1. The highest BCUT2D eigenvalue weighted by molar-refractivity contribution is 9.10. The van der Waals surface area contributed by atoms with Crippen LogP contribution in [-0.4, -0.2) is 22.6 Å². The van der Waals surface area contributed by atoms with Gasteiger partial charge < -0.3 is 10.0 Å². The lowest BCUT2D eigenvalue weighted by Crippen LogP contribution is -2.24. The van der Waals surface area contributed by atoms with E-state index in [0.29, 0.717) is 12.1 Å². The van der Waals surface area contributed by atoms with E-state index in [9.17, 15) is 9.90 Å². The van der Waals surface area contributed by atoms with E-state index in [1.54, 1.807) is 18.5 Å². The predicted octanol–water partition coefficient (Wildman–Crippen LogP) is 3.57. The minimum atomic E-state index is -0.922. The number of rotatable bonds is 5. The number of aromatic carboxylic acids is 1. The lowest BCUT2D eigenvalue weighted by molar-refractivity contribution is 0.0697. The van der Waals surface area contributed by atoms with Gasteiger partial charge in [0, 0.05) is 30.0 Å². The van der Waals surface area contributed by atoms with Crippen LogP contribution in [0.25, 0.3) is 0 Å². The summed E-state index contributed by atoms with van der Waals surface area (Å²) in [6.45, 7) is 3.39. The highest BCUT2D eigenvalue weighted by atomic mass is 79.9. The van der Waals surface area contributed by atoms with Crippen LogP contribution < -0.4 is 4.90 Å². The fourth-order valence-corrected chi connectivity index (χ4v) is 2.39. The smallest absolute Gasteiger partial charge is 0.337 e. The van der Waals surface area contributed by atoms with Gasteiger partial charge in [-0.25, -0.2) is 4.79 Å². The molecule has 0 aliphatic carbocycles. The third-order valence-corrected chi connectivity index (χ3v) is 3.53. The van der Waals surface area contributed by atoms with Crippen molar-refractivity contribution in [1.82, 2.24) is 4.98 Å². The van der Waals surface area contributed by atoms with Gasteiger partial charge in [-0.2, -0.15) is 0 Å². The average Bonchev–Trinajstić information content (AvgIpc) is 2.46. The largest absolute Gasteiger partial charge is 0.478 e. The van der Waals surface area contributed by atoms with Crippen LogP contribution >= 0.6 is 15.9 Å². The molecule has 0 saturated carbocycles. The Morgan fingerprint density at radius 2 is 2.00 bits per heavy atom. The van der Waals surface area contributed by atoms with E-state index in [1.165, 1.54) is 0 Å². The maximum atomic E-state index is 11.4. The van der Waals surface area contributed by atoms with Gasteiger partial charge in [-0.1, -0.05) is 15.9 Å². The monoisotopic (exact) mass is 334 g/mol. The lowest BCUT2D eigenvalue weighted by atomic mass is 10.1. The number of hydrogen-bond donors (Lipinski definition) is 1. The summed E-state index contributed by atoms with van der Waals surface area (Å²) in [5.74, 6) is -0.922. The van der Waals surface area contributed by atoms with Gasteiger partial charge in [0.15, 0.2) is 0 Å². The fraction of sp³-hybridized carbons (Fsp3) is 0.200. The molecule has 0 aliphatic heterocycles. The second-order valence-electron chi connectivity index (χ2n) is 4.34. The minimum absolute atomic E-state index is 0.301. The minimum Gasteiger partial charge on any atom is -0.478 e. The van der Waals surface area contributed by atoms with Crippen LogP contribution in [0.5, 0.6) is 0 Å². The van der Waals surface area contributed by atoms with Gasteiger partial charge in [-0.05, 0) is 42.8 Å². The normalized spacial score (nSPS) is 10.3. The SMILES string of the molecule is CCN(Cc1ccncc1)c1ccc(Br)cc1C(=O)O. The maximum Gasteiger partial charge on any atom is 0.337 e. The first kappa shape index (κ1) is 14.5. The molecule has 20 heavy (non-hydrogen) atoms. The molecule has 2 rings (SSSR count). The molecule has 0 unspecified atom stereocenters. The summed E-state index contributed by atoms with van der Waals surface area (Å²) in [5, 5.41) is 9.34. The molecule has 1 N–H and O–H groups in total. The van der Waals surface area contributed by atoms with Crippen LogP contribution in [0.15, 0.2) is 47.2 Å². The summed E-state index contributed by atoms with van der Waals surface area (Å²) >= 11 is 3.31. The molecule has 0 atom stereocenters. The Bertz CT molecular complexity index is 602. The zero-order valence-corrected chi connectivity index (χ0v) is 12.7. The number of carboxylic acid groups (broad SMARTS) is 1. The molecule has 4 nitrogen and oxygen atoms in total.